The van der Waals surface area contributed by atoms with E-state index in [1.807, 2.05) is 6.92 Å². The number of ether oxygens (including phenoxy) is 2. The van der Waals surface area contributed by atoms with Crippen LogP contribution in [0.25, 0.3) is 0 Å². The van der Waals surface area contributed by atoms with Gasteiger partial charge in [0.15, 0.2) is 0 Å². The van der Waals surface area contributed by atoms with Gasteiger partial charge in [-0.15, -0.1) is 0 Å². The molecule has 66 valence electrons. The number of nitrogens with one attached hydrogen (secondary N) is 1. The van der Waals surface area contributed by atoms with Gasteiger partial charge >= 0.3 is 0 Å². The van der Waals surface area contributed by atoms with Crippen LogP contribution in [0.2, 0.25) is 0 Å². The Morgan fingerprint density at radius 3 is 2.82 bits per heavy atom. The highest BCUT2D eigenvalue weighted by Crippen LogP contribution is 2.26. The quantitative estimate of drug-likeness (QED) is 0.576. The highest BCUT2D eigenvalue weighted by Gasteiger charge is 2.41. The number of rotatable bonds is 4. The van der Waals surface area contributed by atoms with Crippen molar-refractivity contribution in [3.63, 3.8) is 0 Å². The van der Waals surface area contributed by atoms with Gasteiger partial charge in [0.05, 0.1) is 12.1 Å². The smallest absolute Gasteiger partial charge is 0.101 e. The Balaban J connectivity index is 2.27. The van der Waals surface area contributed by atoms with Crippen LogP contribution in [0, 0.1) is 0 Å². The summed E-state index contributed by atoms with van der Waals surface area (Å²) >= 11 is 0. The lowest BCUT2D eigenvalue weighted by atomic mass is 9.86. The third-order valence-corrected chi connectivity index (χ3v) is 2.07. The van der Waals surface area contributed by atoms with Gasteiger partial charge in [-0.3, -0.25) is 0 Å². The highest BCUT2D eigenvalue weighted by molar-refractivity contribution is 4.95. The van der Waals surface area contributed by atoms with Gasteiger partial charge in [-0.25, -0.2) is 0 Å². The van der Waals surface area contributed by atoms with Gasteiger partial charge in [0.25, 0.3) is 0 Å². The van der Waals surface area contributed by atoms with Crippen molar-refractivity contribution in [3.8, 4) is 0 Å². The van der Waals surface area contributed by atoms with E-state index >= 15 is 0 Å². The Morgan fingerprint density at radius 2 is 2.36 bits per heavy atom. The summed E-state index contributed by atoms with van der Waals surface area (Å²) < 4.78 is 10.4. The monoisotopic (exact) mass is 161 g/mol. The predicted molar refractivity (Wildman–Crippen MR) is 39.5 cm³/mol. The van der Waals surface area contributed by atoms with Gasteiger partial charge in [0.1, 0.15) is 6.10 Å². The molecule has 0 bridgehead atoms. The molecule has 0 radical (unpaired) electrons. The summed E-state index contributed by atoms with van der Waals surface area (Å²) in [5, 5.41) is 8.59. The maximum atomic E-state index is 8.59. The molecule has 1 rings (SSSR count). The number of methoxy groups -OCH3 is 1. The lowest BCUT2D eigenvalue weighted by Gasteiger charge is -2.41. The Morgan fingerprint density at radius 1 is 1.64 bits per heavy atom. The average molecular weight is 161 g/mol. The first-order chi connectivity index (χ1) is 5.33. The molecule has 3 unspecified atom stereocenters. The van der Waals surface area contributed by atoms with E-state index in [1.54, 1.807) is 7.11 Å². The maximum Gasteiger partial charge on any atom is 0.101 e. The van der Waals surface area contributed by atoms with E-state index in [2.05, 4.69) is 5.48 Å². The van der Waals surface area contributed by atoms with E-state index in [0.29, 0.717) is 6.61 Å². The van der Waals surface area contributed by atoms with Crippen LogP contribution in [0.3, 0.4) is 0 Å². The third-order valence-electron chi connectivity index (χ3n) is 2.07. The van der Waals surface area contributed by atoms with Gasteiger partial charge in [-0.1, -0.05) is 0 Å². The molecule has 1 aliphatic carbocycles. The molecule has 0 aromatic carbocycles. The summed E-state index contributed by atoms with van der Waals surface area (Å²) in [7, 11) is 1.63. The predicted octanol–water partition coefficient (Wildman–Crippen LogP) is 0.158. The summed E-state index contributed by atoms with van der Waals surface area (Å²) in [6.07, 6.45) is 0.970. The molecule has 3 atom stereocenters. The van der Waals surface area contributed by atoms with Crippen molar-refractivity contribution in [2.45, 2.75) is 31.6 Å². The van der Waals surface area contributed by atoms with Crippen LogP contribution in [0.5, 0.6) is 0 Å². The SMILES string of the molecule is CCOC1CC(NO)C1OC. The molecule has 0 aromatic rings. The molecule has 1 saturated carbocycles. The van der Waals surface area contributed by atoms with Crippen molar-refractivity contribution in [1.29, 1.82) is 0 Å². The standard InChI is InChI=1S/C7H15NO3/c1-3-11-6-4-5(8-9)7(6)10-2/h5-9H,3-4H2,1-2H3. The minimum Gasteiger partial charge on any atom is -0.377 e. The van der Waals surface area contributed by atoms with Crippen molar-refractivity contribution in [3.05, 3.63) is 0 Å². The number of hydrogen-bond acceptors (Lipinski definition) is 4. The first-order valence-electron chi connectivity index (χ1n) is 3.87. The topological polar surface area (TPSA) is 50.7 Å². The summed E-state index contributed by atoms with van der Waals surface area (Å²) in [6, 6.07) is 0.0385. The first kappa shape index (κ1) is 8.93. The Kier molecular flexibility index (Phi) is 3.26. The fourth-order valence-corrected chi connectivity index (χ4v) is 1.40. The minimum atomic E-state index is -0.0000463. The lowest BCUT2D eigenvalue weighted by molar-refractivity contribution is -0.152. The molecule has 1 aliphatic rings. The molecular formula is C7H15NO3. The number of hydroxylamine groups is 1. The number of hydrogen-bond donors (Lipinski definition) is 2. The Labute approximate surface area is 66.4 Å². The van der Waals surface area contributed by atoms with E-state index < -0.39 is 0 Å². The molecule has 0 amide bonds. The second kappa shape index (κ2) is 4.01. The van der Waals surface area contributed by atoms with E-state index in [4.69, 9.17) is 14.7 Å². The fourth-order valence-electron chi connectivity index (χ4n) is 1.40. The lowest BCUT2D eigenvalue weighted by Crippen LogP contribution is -2.59. The Hall–Kier alpha value is -0.160. The zero-order chi connectivity index (χ0) is 8.27. The molecule has 4 nitrogen and oxygen atoms in total. The van der Waals surface area contributed by atoms with Crippen LogP contribution in [-0.4, -0.2) is 37.2 Å². The van der Waals surface area contributed by atoms with E-state index in [9.17, 15) is 0 Å². The fraction of sp³-hybridized carbons (Fsp3) is 1.00. The van der Waals surface area contributed by atoms with Crippen molar-refractivity contribution in [1.82, 2.24) is 5.48 Å². The minimum absolute atomic E-state index is 0.0000463. The zero-order valence-corrected chi connectivity index (χ0v) is 6.91. The largest absolute Gasteiger partial charge is 0.377 e. The third kappa shape index (κ3) is 1.70. The molecule has 4 heteroatoms. The molecule has 1 fully saturated rings. The van der Waals surface area contributed by atoms with Crippen LogP contribution in [0.1, 0.15) is 13.3 Å². The van der Waals surface area contributed by atoms with Crippen LogP contribution >= 0.6 is 0 Å². The van der Waals surface area contributed by atoms with E-state index in [1.165, 1.54) is 0 Å². The molecule has 0 heterocycles. The summed E-state index contributed by atoms with van der Waals surface area (Å²) in [5.74, 6) is 0. The Bertz CT molecular complexity index is 120. The second-order valence-corrected chi connectivity index (χ2v) is 2.67. The molecule has 2 N–H and O–H groups in total. The van der Waals surface area contributed by atoms with Crippen LogP contribution < -0.4 is 5.48 Å². The van der Waals surface area contributed by atoms with Crippen molar-refractivity contribution < 1.29 is 14.7 Å². The van der Waals surface area contributed by atoms with Gasteiger partial charge in [0.2, 0.25) is 0 Å². The molecule has 11 heavy (non-hydrogen) atoms. The van der Waals surface area contributed by atoms with Gasteiger partial charge in [0, 0.05) is 13.7 Å². The van der Waals surface area contributed by atoms with Crippen molar-refractivity contribution in [2.24, 2.45) is 0 Å². The molecule has 0 aromatic heterocycles. The van der Waals surface area contributed by atoms with Crippen LogP contribution in [0.4, 0.5) is 0 Å². The summed E-state index contributed by atoms with van der Waals surface area (Å²) in [5.41, 5.74) is 2.19. The average Bonchev–Trinajstić information content (AvgIpc) is 1.98. The summed E-state index contributed by atoms with van der Waals surface area (Å²) in [4.78, 5) is 0. The normalized spacial score (nSPS) is 36.8. The molecule has 0 aliphatic heterocycles. The van der Waals surface area contributed by atoms with Crippen molar-refractivity contribution in [2.75, 3.05) is 13.7 Å². The first-order valence-corrected chi connectivity index (χ1v) is 3.87. The van der Waals surface area contributed by atoms with Gasteiger partial charge < -0.3 is 14.7 Å². The van der Waals surface area contributed by atoms with Crippen LogP contribution in [-0.2, 0) is 9.47 Å². The van der Waals surface area contributed by atoms with E-state index in [-0.39, 0.29) is 18.2 Å². The van der Waals surface area contributed by atoms with Gasteiger partial charge in [-0.05, 0) is 13.3 Å². The van der Waals surface area contributed by atoms with Gasteiger partial charge in [-0.2, -0.15) is 5.48 Å². The second-order valence-electron chi connectivity index (χ2n) is 2.67. The molecule has 0 saturated heterocycles. The van der Waals surface area contributed by atoms with E-state index in [0.717, 1.165) is 6.42 Å². The summed E-state index contributed by atoms with van der Waals surface area (Å²) in [6.45, 7) is 2.65. The zero-order valence-electron chi connectivity index (χ0n) is 6.91. The maximum absolute atomic E-state index is 8.59. The van der Waals surface area contributed by atoms with Crippen LogP contribution in [0.15, 0.2) is 0 Å². The highest BCUT2D eigenvalue weighted by atomic mass is 16.5. The van der Waals surface area contributed by atoms with Crippen molar-refractivity contribution >= 4 is 0 Å². The molecular weight excluding hydrogens is 146 g/mol. The molecule has 0 spiro atoms.